The van der Waals surface area contributed by atoms with Crippen LogP contribution in [-0.4, -0.2) is 19.7 Å². The maximum Gasteiger partial charge on any atom is 0.158 e. The van der Waals surface area contributed by atoms with Crippen LogP contribution in [0.5, 0.6) is 0 Å². The summed E-state index contributed by atoms with van der Waals surface area (Å²) in [7, 11) is 1.85. The van der Waals surface area contributed by atoms with E-state index >= 15 is 0 Å². The molecule has 2 heterocycles. The molecule has 2 N–H and O–H groups in total. The summed E-state index contributed by atoms with van der Waals surface area (Å²) >= 11 is 0. The summed E-state index contributed by atoms with van der Waals surface area (Å²) in [5.74, 6) is 0. The monoisotopic (exact) mass is 149 g/mol. The van der Waals surface area contributed by atoms with Gasteiger partial charge in [-0.1, -0.05) is 0 Å². The highest BCUT2D eigenvalue weighted by molar-refractivity contribution is 5.71. The van der Waals surface area contributed by atoms with E-state index in [1.165, 1.54) is 0 Å². The molecule has 0 amide bonds. The number of aromatic amines is 1. The predicted octanol–water partition coefficient (Wildman–Crippen LogP) is -0.224. The topological polar surface area (TPSA) is 70.3 Å². The van der Waals surface area contributed by atoms with Crippen LogP contribution in [0.2, 0.25) is 0 Å². The first kappa shape index (κ1) is 6.09. The Bertz CT molecular complexity index is 437. The summed E-state index contributed by atoms with van der Waals surface area (Å²) in [6.45, 7) is 0. The molecule has 11 heavy (non-hydrogen) atoms. The van der Waals surface area contributed by atoms with Crippen LogP contribution in [0.1, 0.15) is 0 Å². The molecule has 0 atom stereocenters. The number of H-pyrrole nitrogens is 1. The molecule has 0 unspecified atom stereocenters. The van der Waals surface area contributed by atoms with Crippen molar-refractivity contribution in [3.8, 4) is 0 Å². The molecule has 0 aliphatic heterocycles. The maximum atomic E-state index is 7.39. The third-order valence-corrected chi connectivity index (χ3v) is 1.59. The minimum atomic E-state index is 0.256. The highest BCUT2D eigenvalue weighted by atomic mass is 15.2. The van der Waals surface area contributed by atoms with Crippen molar-refractivity contribution in [3.05, 3.63) is 18.0 Å². The quantitative estimate of drug-likeness (QED) is 0.543. The van der Waals surface area contributed by atoms with Crippen molar-refractivity contribution in [2.75, 3.05) is 0 Å². The Balaban J connectivity index is 3.08. The molecule has 2 rings (SSSR count). The standard InChI is InChI=1S/C6H7N5/c1-11-3-8-5(7)4-2-9-10-6(4)11/h2-3,7H,1H3,(H,9,10). The predicted molar refractivity (Wildman–Crippen MR) is 38.7 cm³/mol. The van der Waals surface area contributed by atoms with Crippen LogP contribution in [-0.2, 0) is 7.05 Å². The van der Waals surface area contributed by atoms with Gasteiger partial charge < -0.3 is 4.57 Å². The van der Waals surface area contributed by atoms with Crippen LogP contribution >= 0.6 is 0 Å². The van der Waals surface area contributed by atoms with E-state index < -0.39 is 0 Å². The molecular weight excluding hydrogens is 142 g/mol. The van der Waals surface area contributed by atoms with Crippen LogP contribution < -0.4 is 5.49 Å². The van der Waals surface area contributed by atoms with E-state index in [2.05, 4.69) is 15.2 Å². The lowest BCUT2D eigenvalue weighted by Gasteiger charge is -1.96. The van der Waals surface area contributed by atoms with Crippen molar-refractivity contribution in [1.29, 1.82) is 5.41 Å². The van der Waals surface area contributed by atoms with E-state index in [1.54, 1.807) is 17.1 Å². The molecule has 0 radical (unpaired) electrons. The zero-order valence-corrected chi connectivity index (χ0v) is 6.00. The Morgan fingerprint density at radius 3 is 3.18 bits per heavy atom. The number of fused-ring (bicyclic) bond motifs is 1. The van der Waals surface area contributed by atoms with Crippen molar-refractivity contribution >= 4 is 11.0 Å². The summed E-state index contributed by atoms with van der Waals surface area (Å²) in [5, 5.41) is 14.7. The van der Waals surface area contributed by atoms with E-state index in [9.17, 15) is 0 Å². The van der Waals surface area contributed by atoms with Crippen LogP contribution in [0.3, 0.4) is 0 Å². The van der Waals surface area contributed by atoms with Gasteiger partial charge in [-0.25, -0.2) is 4.98 Å². The third kappa shape index (κ3) is 0.739. The summed E-state index contributed by atoms with van der Waals surface area (Å²) in [4.78, 5) is 3.85. The van der Waals surface area contributed by atoms with Crippen LogP contribution in [0, 0.1) is 5.41 Å². The lowest BCUT2D eigenvalue weighted by molar-refractivity contribution is 0.868. The van der Waals surface area contributed by atoms with Gasteiger partial charge >= 0.3 is 0 Å². The van der Waals surface area contributed by atoms with Gasteiger partial charge in [-0.05, 0) is 0 Å². The van der Waals surface area contributed by atoms with Crippen molar-refractivity contribution in [1.82, 2.24) is 19.7 Å². The van der Waals surface area contributed by atoms with Gasteiger partial charge in [0, 0.05) is 7.05 Å². The van der Waals surface area contributed by atoms with Gasteiger partial charge in [-0.3, -0.25) is 10.5 Å². The van der Waals surface area contributed by atoms with Crippen molar-refractivity contribution < 1.29 is 0 Å². The van der Waals surface area contributed by atoms with Crippen LogP contribution in [0.4, 0.5) is 0 Å². The number of aryl methyl sites for hydroxylation is 1. The van der Waals surface area contributed by atoms with Gasteiger partial charge in [0.15, 0.2) is 5.49 Å². The first-order valence-electron chi connectivity index (χ1n) is 3.18. The molecule has 0 aliphatic rings. The average molecular weight is 149 g/mol. The smallest absolute Gasteiger partial charge is 0.158 e. The molecule has 5 nitrogen and oxygen atoms in total. The van der Waals surface area contributed by atoms with Gasteiger partial charge in [0.2, 0.25) is 0 Å². The zero-order chi connectivity index (χ0) is 7.84. The van der Waals surface area contributed by atoms with Crippen molar-refractivity contribution in [2.45, 2.75) is 0 Å². The van der Waals surface area contributed by atoms with Gasteiger partial charge in [0.1, 0.15) is 5.65 Å². The largest absolute Gasteiger partial charge is 0.320 e. The first-order chi connectivity index (χ1) is 5.29. The Morgan fingerprint density at radius 1 is 1.64 bits per heavy atom. The SMILES string of the molecule is Cn1cnc(=N)c2cn[nH]c21. The number of rotatable bonds is 0. The molecule has 0 bridgehead atoms. The Morgan fingerprint density at radius 2 is 2.45 bits per heavy atom. The molecule has 56 valence electrons. The highest BCUT2D eigenvalue weighted by Gasteiger charge is 1.98. The summed E-state index contributed by atoms with van der Waals surface area (Å²) < 4.78 is 1.79. The average Bonchev–Trinajstić information content (AvgIpc) is 2.45. The molecule has 0 spiro atoms. The van der Waals surface area contributed by atoms with E-state index in [1.807, 2.05) is 7.05 Å². The second kappa shape index (κ2) is 1.91. The lowest BCUT2D eigenvalue weighted by atomic mass is 10.4. The summed E-state index contributed by atoms with van der Waals surface area (Å²) in [5.41, 5.74) is 1.08. The van der Waals surface area contributed by atoms with Gasteiger partial charge in [-0.2, -0.15) is 5.10 Å². The van der Waals surface area contributed by atoms with Gasteiger partial charge in [-0.15, -0.1) is 0 Å². The van der Waals surface area contributed by atoms with Gasteiger partial charge in [0.25, 0.3) is 0 Å². The van der Waals surface area contributed by atoms with Gasteiger partial charge in [0.05, 0.1) is 17.9 Å². The molecule has 5 heteroatoms. The van der Waals surface area contributed by atoms with Crippen molar-refractivity contribution in [3.63, 3.8) is 0 Å². The highest BCUT2D eigenvalue weighted by Crippen LogP contribution is 2.00. The van der Waals surface area contributed by atoms with E-state index in [-0.39, 0.29) is 5.49 Å². The molecule has 2 aromatic rings. The fourth-order valence-electron chi connectivity index (χ4n) is 0.993. The second-order valence-corrected chi connectivity index (χ2v) is 2.34. The number of hydrogen-bond donors (Lipinski definition) is 2. The second-order valence-electron chi connectivity index (χ2n) is 2.34. The summed E-state index contributed by atoms with van der Waals surface area (Å²) in [6, 6.07) is 0. The minimum Gasteiger partial charge on any atom is -0.320 e. The van der Waals surface area contributed by atoms with Crippen LogP contribution in [0.15, 0.2) is 12.5 Å². The molecule has 0 fully saturated rings. The molecule has 0 saturated carbocycles. The molecule has 0 aromatic carbocycles. The van der Waals surface area contributed by atoms with E-state index in [4.69, 9.17) is 5.41 Å². The fourth-order valence-corrected chi connectivity index (χ4v) is 0.993. The number of nitrogens with one attached hydrogen (secondary N) is 2. The van der Waals surface area contributed by atoms with Crippen molar-refractivity contribution in [2.24, 2.45) is 7.05 Å². The van der Waals surface area contributed by atoms with E-state index in [0.29, 0.717) is 0 Å². The Kier molecular flexibility index (Phi) is 1.06. The molecule has 0 saturated heterocycles. The van der Waals surface area contributed by atoms with Crippen LogP contribution in [0.25, 0.3) is 11.0 Å². The third-order valence-electron chi connectivity index (χ3n) is 1.59. The maximum absolute atomic E-state index is 7.39. The Labute approximate surface area is 62.2 Å². The van der Waals surface area contributed by atoms with E-state index in [0.717, 1.165) is 11.0 Å². The minimum absolute atomic E-state index is 0.256. The number of aromatic nitrogens is 4. The number of nitrogens with zero attached hydrogens (tertiary/aromatic N) is 3. The molecule has 0 aliphatic carbocycles. The molecule has 2 aromatic heterocycles. The fraction of sp³-hybridized carbons (Fsp3) is 0.167. The summed E-state index contributed by atoms with van der Waals surface area (Å²) in [6.07, 6.45) is 3.19. The Hall–Kier alpha value is -1.65. The molecular formula is C6H7N5. The first-order valence-corrected chi connectivity index (χ1v) is 3.18. The zero-order valence-electron chi connectivity index (χ0n) is 6.00. The lowest BCUT2D eigenvalue weighted by Crippen LogP contribution is -2.09. The number of hydrogen-bond acceptors (Lipinski definition) is 3. The normalized spacial score (nSPS) is 10.6.